The highest BCUT2D eigenvalue weighted by molar-refractivity contribution is 6.05. The van der Waals surface area contributed by atoms with Crippen LogP contribution in [0, 0.1) is 5.82 Å². The molecule has 0 bridgehead atoms. The first-order chi connectivity index (χ1) is 19.1. The summed E-state index contributed by atoms with van der Waals surface area (Å²) in [7, 11) is 0. The molecule has 10 heteroatoms. The van der Waals surface area contributed by atoms with E-state index in [9.17, 15) is 4.79 Å². The molecule has 5 heterocycles. The molecule has 1 aromatic carbocycles. The van der Waals surface area contributed by atoms with Crippen molar-refractivity contribution in [3.8, 4) is 17.2 Å². The van der Waals surface area contributed by atoms with Gasteiger partial charge in [-0.2, -0.15) is 0 Å². The molecule has 0 atom stereocenters. The van der Waals surface area contributed by atoms with Crippen LogP contribution in [0.3, 0.4) is 0 Å². The fourth-order valence-electron chi connectivity index (χ4n) is 5.50. The van der Waals surface area contributed by atoms with Gasteiger partial charge in [0.1, 0.15) is 17.3 Å². The number of imidazole rings is 2. The van der Waals surface area contributed by atoms with Crippen LogP contribution < -0.4 is 10.2 Å². The lowest BCUT2D eigenvalue weighted by Gasteiger charge is -2.31. The molecule has 9 nitrogen and oxygen atoms in total. The fraction of sp³-hybridized carbons (Fsp3) is 0.379. The lowest BCUT2D eigenvalue weighted by molar-refractivity contribution is 0.102. The van der Waals surface area contributed by atoms with Crippen LogP contribution >= 0.6 is 0 Å². The van der Waals surface area contributed by atoms with Crippen molar-refractivity contribution in [3.05, 3.63) is 71.8 Å². The number of carbonyl (C=O) groups excluding carboxylic acids is 1. The predicted molar refractivity (Wildman–Crippen MR) is 145 cm³/mol. The Morgan fingerprint density at radius 2 is 1.92 bits per heavy atom. The number of halogens is 1. The molecule has 1 saturated heterocycles. The van der Waals surface area contributed by atoms with Crippen molar-refractivity contribution in [2.45, 2.75) is 44.6 Å². The summed E-state index contributed by atoms with van der Waals surface area (Å²) in [6, 6.07) is 8.48. The zero-order valence-electron chi connectivity index (χ0n) is 21.6. The van der Waals surface area contributed by atoms with Gasteiger partial charge in [0.05, 0.1) is 42.2 Å². The molecule has 1 aliphatic carbocycles. The number of nitrogens with one attached hydrogen (secondary N) is 1. The molecule has 4 aromatic rings. The molecular formula is C29H30FN7O2. The minimum absolute atomic E-state index is 0.0472. The number of morpholine rings is 1. The predicted octanol–water partition coefficient (Wildman–Crippen LogP) is 4.57. The van der Waals surface area contributed by atoms with E-state index in [1.54, 1.807) is 18.5 Å². The van der Waals surface area contributed by atoms with E-state index >= 15 is 4.39 Å². The van der Waals surface area contributed by atoms with E-state index in [1.807, 2.05) is 29.1 Å². The quantitative estimate of drug-likeness (QED) is 0.395. The standard InChI is InChI=1S/C29H30FN7O2/c30-22-15-26(35-10-12-39-13-11-35)25(36-17-24(32-18-36)19-7-8-19)14-21(22)29(38)34-27-6-3-5-23(33-27)28-31-16-20-4-1-2-9-37(20)28/h3,5-6,14-19H,1-2,4,7-13H2,(H,33,34,38). The summed E-state index contributed by atoms with van der Waals surface area (Å²) >= 11 is 0. The Bertz CT molecular complexity index is 1530. The summed E-state index contributed by atoms with van der Waals surface area (Å²) in [4.78, 5) is 29.3. The highest BCUT2D eigenvalue weighted by Crippen LogP contribution is 2.40. The zero-order valence-corrected chi connectivity index (χ0v) is 21.6. The number of amides is 1. The first-order valence-corrected chi connectivity index (χ1v) is 13.7. The number of benzene rings is 1. The number of fused-ring (bicyclic) bond motifs is 1. The number of aromatic nitrogens is 5. The second-order valence-corrected chi connectivity index (χ2v) is 10.4. The summed E-state index contributed by atoms with van der Waals surface area (Å²) in [6.45, 7) is 3.35. The molecule has 1 N–H and O–H groups in total. The van der Waals surface area contributed by atoms with Gasteiger partial charge in [-0.1, -0.05) is 6.07 Å². The van der Waals surface area contributed by atoms with Crippen LogP contribution in [0.15, 0.2) is 49.1 Å². The molecule has 7 rings (SSSR count). The highest BCUT2D eigenvalue weighted by atomic mass is 19.1. The third kappa shape index (κ3) is 4.69. The Balaban J connectivity index is 1.20. The molecule has 200 valence electrons. The Hall–Kier alpha value is -4.05. The molecule has 1 amide bonds. The smallest absolute Gasteiger partial charge is 0.259 e. The molecule has 2 aliphatic heterocycles. The number of aryl methyl sites for hydroxylation is 1. The summed E-state index contributed by atoms with van der Waals surface area (Å²) < 4.78 is 25.1. The Morgan fingerprint density at radius 3 is 2.77 bits per heavy atom. The van der Waals surface area contributed by atoms with Gasteiger partial charge in [-0.3, -0.25) is 4.79 Å². The molecule has 39 heavy (non-hydrogen) atoms. The van der Waals surface area contributed by atoms with Crippen molar-refractivity contribution in [2.24, 2.45) is 0 Å². The maximum atomic E-state index is 15.5. The first-order valence-electron chi connectivity index (χ1n) is 13.7. The largest absolute Gasteiger partial charge is 0.378 e. The molecule has 0 unspecified atom stereocenters. The molecule has 0 radical (unpaired) electrons. The second kappa shape index (κ2) is 9.92. The minimum Gasteiger partial charge on any atom is -0.378 e. The zero-order chi connectivity index (χ0) is 26.3. The third-order valence-corrected chi connectivity index (χ3v) is 7.76. The number of hydrogen-bond acceptors (Lipinski definition) is 6. The second-order valence-electron chi connectivity index (χ2n) is 10.4. The van der Waals surface area contributed by atoms with Crippen molar-refractivity contribution < 1.29 is 13.9 Å². The Morgan fingerprint density at radius 1 is 1.05 bits per heavy atom. The van der Waals surface area contributed by atoms with Crippen LogP contribution in [0.25, 0.3) is 17.2 Å². The average molecular weight is 528 g/mol. The van der Waals surface area contributed by atoms with Gasteiger partial charge in [-0.15, -0.1) is 0 Å². The summed E-state index contributed by atoms with van der Waals surface area (Å²) in [5.41, 5.74) is 4.29. The third-order valence-electron chi connectivity index (χ3n) is 7.76. The normalized spacial score (nSPS) is 17.2. The summed E-state index contributed by atoms with van der Waals surface area (Å²) in [5, 5.41) is 2.81. The monoisotopic (exact) mass is 527 g/mol. The van der Waals surface area contributed by atoms with Crippen LogP contribution in [0.2, 0.25) is 0 Å². The van der Waals surface area contributed by atoms with Gasteiger partial charge in [0.15, 0.2) is 5.82 Å². The van der Waals surface area contributed by atoms with Gasteiger partial charge in [0, 0.05) is 49.7 Å². The number of nitrogens with zero attached hydrogens (tertiary/aromatic N) is 6. The van der Waals surface area contributed by atoms with Crippen LogP contribution in [-0.4, -0.2) is 56.3 Å². The van der Waals surface area contributed by atoms with Gasteiger partial charge in [-0.05, 0) is 50.3 Å². The van der Waals surface area contributed by atoms with E-state index in [1.165, 1.54) is 11.8 Å². The van der Waals surface area contributed by atoms with Gasteiger partial charge in [0.25, 0.3) is 5.91 Å². The van der Waals surface area contributed by atoms with Crippen LogP contribution in [0.1, 0.15) is 53.3 Å². The summed E-state index contributed by atoms with van der Waals surface area (Å²) in [6.07, 6.45) is 11.2. The number of carbonyl (C=O) groups is 1. The highest BCUT2D eigenvalue weighted by Gasteiger charge is 2.27. The number of ether oxygens (including phenoxy) is 1. The van der Waals surface area contributed by atoms with Gasteiger partial charge in [-0.25, -0.2) is 19.3 Å². The summed E-state index contributed by atoms with van der Waals surface area (Å²) in [5.74, 6) is 0.483. The van der Waals surface area contributed by atoms with Gasteiger partial charge >= 0.3 is 0 Å². The van der Waals surface area contributed by atoms with Crippen molar-refractivity contribution in [1.82, 2.24) is 24.1 Å². The molecule has 3 aliphatic rings. The molecular weight excluding hydrogens is 497 g/mol. The number of hydrogen-bond donors (Lipinski definition) is 1. The van der Waals surface area contributed by atoms with Crippen molar-refractivity contribution in [2.75, 3.05) is 36.5 Å². The number of pyridine rings is 1. The van der Waals surface area contributed by atoms with Gasteiger partial charge in [0.2, 0.25) is 0 Å². The van der Waals surface area contributed by atoms with E-state index in [0.29, 0.717) is 49.4 Å². The van der Waals surface area contributed by atoms with Crippen molar-refractivity contribution >= 4 is 17.4 Å². The molecule has 1 saturated carbocycles. The molecule has 3 aromatic heterocycles. The van der Waals surface area contributed by atoms with E-state index in [4.69, 9.17) is 4.74 Å². The van der Waals surface area contributed by atoms with Crippen molar-refractivity contribution in [1.29, 1.82) is 0 Å². The lowest BCUT2D eigenvalue weighted by Crippen LogP contribution is -2.37. The van der Waals surface area contributed by atoms with Crippen LogP contribution in [0.4, 0.5) is 15.9 Å². The number of anilines is 2. The van der Waals surface area contributed by atoms with Crippen molar-refractivity contribution in [3.63, 3.8) is 0 Å². The Kier molecular flexibility index (Phi) is 6.11. The maximum Gasteiger partial charge on any atom is 0.259 e. The van der Waals surface area contributed by atoms with Gasteiger partial charge < -0.3 is 24.1 Å². The number of rotatable bonds is 6. The SMILES string of the molecule is O=C(Nc1cccc(-c2ncc3n2CCCC3)n1)c1cc(-n2cnc(C3CC3)c2)c(N2CCOCC2)cc1F. The molecule has 0 spiro atoms. The minimum atomic E-state index is -0.584. The maximum absolute atomic E-state index is 15.5. The van der Waals surface area contributed by atoms with Crippen LogP contribution in [-0.2, 0) is 17.7 Å². The molecule has 2 fully saturated rings. The fourth-order valence-corrected chi connectivity index (χ4v) is 5.50. The van der Waals surface area contributed by atoms with E-state index in [0.717, 1.165) is 55.9 Å². The Labute approximate surface area is 225 Å². The van der Waals surface area contributed by atoms with Crippen LogP contribution in [0.5, 0.6) is 0 Å². The topological polar surface area (TPSA) is 90.1 Å². The van der Waals surface area contributed by atoms with E-state index < -0.39 is 11.7 Å². The van der Waals surface area contributed by atoms with E-state index in [-0.39, 0.29) is 5.56 Å². The first kappa shape index (κ1) is 24.0. The average Bonchev–Trinajstić information content (AvgIpc) is 3.54. The van der Waals surface area contributed by atoms with E-state index in [2.05, 4.69) is 29.7 Å². The lowest BCUT2D eigenvalue weighted by atomic mass is 10.1.